The minimum Gasteiger partial charge on any atom is -0.481 e. The van der Waals surface area contributed by atoms with Crippen LogP contribution in [-0.2, 0) is 27.8 Å². The van der Waals surface area contributed by atoms with Crippen LogP contribution in [0, 0.1) is 0 Å². The lowest BCUT2D eigenvalue weighted by Gasteiger charge is -2.20. The summed E-state index contributed by atoms with van der Waals surface area (Å²) in [6.45, 7) is -0.143. The first-order valence-corrected chi connectivity index (χ1v) is 8.75. The third-order valence-electron chi connectivity index (χ3n) is 2.84. The van der Waals surface area contributed by atoms with Crippen molar-refractivity contribution >= 4 is 33.3 Å². The highest BCUT2D eigenvalue weighted by atomic mass is 35.5. The lowest BCUT2D eigenvalue weighted by Crippen LogP contribution is -2.29. The van der Waals surface area contributed by atoms with E-state index in [4.69, 9.17) is 21.2 Å². The number of anilines is 1. The number of aromatic nitrogens is 2. The lowest BCUT2D eigenvalue weighted by molar-refractivity contribution is -0.137. The second kappa shape index (κ2) is 6.97. The summed E-state index contributed by atoms with van der Waals surface area (Å²) >= 11 is 5.89. The molecule has 23 heavy (non-hydrogen) atoms. The van der Waals surface area contributed by atoms with Gasteiger partial charge in [0, 0.05) is 11.4 Å². The molecular formula is C13H14ClN3O5S. The Balaban J connectivity index is 2.21. The molecule has 10 heteroatoms. The van der Waals surface area contributed by atoms with Gasteiger partial charge in [-0.3, -0.25) is 9.10 Å². The van der Waals surface area contributed by atoms with E-state index in [2.05, 4.69) is 10.1 Å². The highest BCUT2D eigenvalue weighted by Crippen LogP contribution is 2.23. The van der Waals surface area contributed by atoms with Crippen molar-refractivity contribution in [1.82, 2.24) is 10.1 Å². The molecule has 0 fully saturated rings. The molecule has 2 rings (SSSR count). The molecule has 0 saturated carbocycles. The Labute approximate surface area is 137 Å². The number of hydrogen-bond acceptors (Lipinski definition) is 6. The SMILES string of the molecule is CS(=O)(=O)N(Cc1noc(CCC(=O)O)n1)c1cccc(Cl)c1. The maximum Gasteiger partial charge on any atom is 0.303 e. The lowest BCUT2D eigenvalue weighted by atomic mass is 10.3. The first-order valence-electron chi connectivity index (χ1n) is 6.52. The second-order valence-electron chi connectivity index (χ2n) is 4.75. The summed E-state index contributed by atoms with van der Waals surface area (Å²) in [4.78, 5) is 14.5. The van der Waals surface area contributed by atoms with Crippen LogP contribution in [0.3, 0.4) is 0 Å². The van der Waals surface area contributed by atoms with Gasteiger partial charge in [0.25, 0.3) is 0 Å². The van der Waals surface area contributed by atoms with Crippen molar-refractivity contribution in [2.75, 3.05) is 10.6 Å². The molecule has 0 radical (unpaired) electrons. The molecule has 0 bridgehead atoms. The summed E-state index contributed by atoms with van der Waals surface area (Å²) in [7, 11) is -3.59. The molecule has 0 aliphatic heterocycles. The Morgan fingerprint density at radius 1 is 1.43 bits per heavy atom. The van der Waals surface area contributed by atoms with Crippen molar-refractivity contribution in [3.63, 3.8) is 0 Å². The largest absolute Gasteiger partial charge is 0.481 e. The quantitative estimate of drug-likeness (QED) is 0.800. The van der Waals surface area contributed by atoms with E-state index in [1.54, 1.807) is 18.2 Å². The normalized spacial score (nSPS) is 11.4. The molecular weight excluding hydrogens is 346 g/mol. The van der Waals surface area contributed by atoms with Crippen LogP contribution >= 0.6 is 11.6 Å². The van der Waals surface area contributed by atoms with Gasteiger partial charge in [0.1, 0.15) is 0 Å². The molecule has 1 N–H and O–H groups in total. The fourth-order valence-electron chi connectivity index (χ4n) is 1.83. The van der Waals surface area contributed by atoms with E-state index in [0.29, 0.717) is 10.7 Å². The number of carbonyl (C=O) groups is 1. The molecule has 8 nitrogen and oxygen atoms in total. The molecule has 0 saturated heterocycles. The molecule has 0 unspecified atom stereocenters. The summed E-state index contributed by atoms with van der Waals surface area (Å²) in [5.74, 6) is -0.709. The molecule has 0 aliphatic carbocycles. The minimum atomic E-state index is -3.59. The van der Waals surface area contributed by atoms with Crippen molar-refractivity contribution in [2.24, 2.45) is 0 Å². The number of carboxylic acid groups (broad SMARTS) is 1. The summed E-state index contributed by atoms with van der Waals surface area (Å²) in [6, 6.07) is 6.36. The van der Waals surface area contributed by atoms with Crippen molar-refractivity contribution in [3.8, 4) is 0 Å². The summed E-state index contributed by atoms with van der Waals surface area (Å²) in [5, 5.41) is 12.7. The van der Waals surface area contributed by atoms with Crippen LogP contribution in [0.25, 0.3) is 0 Å². The number of aryl methyl sites for hydroxylation is 1. The van der Waals surface area contributed by atoms with Crippen molar-refractivity contribution in [3.05, 3.63) is 41.0 Å². The van der Waals surface area contributed by atoms with Gasteiger partial charge in [0.2, 0.25) is 15.9 Å². The molecule has 1 aromatic heterocycles. The third-order valence-corrected chi connectivity index (χ3v) is 4.22. The molecule has 0 amide bonds. The maximum atomic E-state index is 12.0. The number of carboxylic acids is 1. The standard InChI is InChI=1S/C13H14ClN3O5S/c1-23(20,21)17(10-4-2-3-9(14)7-10)8-11-15-12(22-16-11)5-6-13(18)19/h2-4,7H,5-6,8H2,1H3,(H,18,19). The van der Waals surface area contributed by atoms with Crippen LogP contribution in [0.4, 0.5) is 5.69 Å². The van der Waals surface area contributed by atoms with E-state index in [1.807, 2.05) is 0 Å². The Hall–Kier alpha value is -2.13. The van der Waals surface area contributed by atoms with Gasteiger partial charge in [0.05, 0.1) is 24.9 Å². The van der Waals surface area contributed by atoms with Gasteiger partial charge in [-0.2, -0.15) is 4.98 Å². The van der Waals surface area contributed by atoms with Crippen LogP contribution in [0.2, 0.25) is 5.02 Å². The Morgan fingerprint density at radius 2 is 2.17 bits per heavy atom. The Morgan fingerprint density at radius 3 is 2.78 bits per heavy atom. The summed E-state index contributed by atoms with van der Waals surface area (Å²) in [5.41, 5.74) is 0.372. The first-order chi connectivity index (χ1) is 10.8. The van der Waals surface area contributed by atoms with Gasteiger partial charge < -0.3 is 9.63 Å². The second-order valence-corrected chi connectivity index (χ2v) is 7.09. The van der Waals surface area contributed by atoms with E-state index in [-0.39, 0.29) is 31.1 Å². The number of sulfonamides is 1. The predicted molar refractivity (Wildman–Crippen MR) is 82.7 cm³/mol. The third kappa shape index (κ3) is 4.93. The number of halogens is 1. The Bertz CT molecular complexity index is 805. The van der Waals surface area contributed by atoms with Gasteiger partial charge in [-0.05, 0) is 18.2 Å². The fourth-order valence-corrected chi connectivity index (χ4v) is 2.86. The van der Waals surface area contributed by atoms with Crippen molar-refractivity contribution < 1.29 is 22.8 Å². The van der Waals surface area contributed by atoms with Crippen LogP contribution in [0.15, 0.2) is 28.8 Å². The average molecular weight is 360 g/mol. The molecule has 1 aromatic carbocycles. The smallest absolute Gasteiger partial charge is 0.303 e. The molecule has 2 aromatic rings. The van der Waals surface area contributed by atoms with E-state index < -0.39 is 16.0 Å². The number of hydrogen-bond donors (Lipinski definition) is 1. The average Bonchev–Trinajstić information content (AvgIpc) is 2.89. The zero-order valence-electron chi connectivity index (χ0n) is 12.1. The van der Waals surface area contributed by atoms with Gasteiger partial charge in [-0.15, -0.1) is 0 Å². The fraction of sp³-hybridized carbons (Fsp3) is 0.308. The van der Waals surface area contributed by atoms with E-state index in [0.717, 1.165) is 10.6 Å². The van der Waals surface area contributed by atoms with Crippen LogP contribution < -0.4 is 4.31 Å². The zero-order valence-corrected chi connectivity index (χ0v) is 13.7. The first kappa shape index (κ1) is 17.2. The van der Waals surface area contributed by atoms with Crippen molar-refractivity contribution in [1.29, 1.82) is 0 Å². The highest BCUT2D eigenvalue weighted by molar-refractivity contribution is 7.92. The van der Waals surface area contributed by atoms with Crippen molar-refractivity contribution in [2.45, 2.75) is 19.4 Å². The Kier molecular flexibility index (Phi) is 5.22. The van der Waals surface area contributed by atoms with Gasteiger partial charge in [-0.25, -0.2) is 8.42 Å². The van der Waals surface area contributed by atoms with Crippen LogP contribution in [0.1, 0.15) is 18.1 Å². The monoisotopic (exact) mass is 359 g/mol. The summed E-state index contributed by atoms with van der Waals surface area (Å²) in [6.07, 6.45) is 0.990. The van der Waals surface area contributed by atoms with E-state index in [9.17, 15) is 13.2 Å². The van der Waals surface area contributed by atoms with Crippen LogP contribution in [0.5, 0.6) is 0 Å². The van der Waals surface area contributed by atoms with E-state index in [1.165, 1.54) is 6.07 Å². The molecule has 0 spiro atoms. The molecule has 0 atom stereocenters. The van der Waals surface area contributed by atoms with Crippen LogP contribution in [-0.4, -0.2) is 35.9 Å². The van der Waals surface area contributed by atoms with Gasteiger partial charge in [0.15, 0.2) is 5.82 Å². The number of nitrogens with zero attached hydrogens (tertiary/aromatic N) is 3. The number of aliphatic carboxylic acids is 1. The van der Waals surface area contributed by atoms with E-state index >= 15 is 0 Å². The zero-order chi connectivity index (χ0) is 17.0. The predicted octanol–water partition coefficient (Wildman–Crippen LogP) is 1.71. The van der Waals surface area contributed by atoms with Gasteiger partial charge in [-0.1, -0.05) is 22.8 Å². The summed E-state index contributed by atoms with van der Waals surface area (Å²) < 4.78 is 30.0. The minimum absolute atomic E-state index is 0.0817. The van der Waals surface area contributed by atoms with Gasteiger partial charge >= 0.3 is 5.97 Å². The number of benzene rings is 1. The highest BCUT2D eigenvalue weighted by Gasteiger charge is 2.21. The molecule has 0 aliphatic rings. The topological polar surface area (TPSA) is 114 Å². The molecule has 124 valence electrons. The maximum absolute atomic E-state index is 12.0. The molecule has 1 heterocycles. The number of rotatable bonds is 7.